The molecule has 5 heteroatoms. The van der Waals surface area contributed by atoms with Crippen molar-refractivity contribution >= 4 is 17.2 Å². The van der Waals surface area contributed by atoms with Gasteiger partial charge in [0.05, 0.1) is 12.6 Å². The molecule has 1 aromatic rings. The lowest BCUT2D eigenvalue weighted by Crippen LogP contribution is -2.39. The average molecular weight is 211 g/mol. The zero-order valence-corrected chi connectivity index (χ0v) is 8.64. The van der Waals surface area contributed by atoms with E-state index in [1.165, 1.54) is 0 Å². The van der Waals surface area contributed by atoms with Gasteiger partial charge in [-0.15, -0.1) is 11.3 Å². The molecule has 0 radical (unpaired) electrons. The number of carbonyl (C=O) groups excluding carboxylic acids is 1. The van der Waals surface area contributed by atoms with E-state index in [0.29, 0.717) is 6.54 Å². The third-order valence-electron chi connectivity index (χ3n) is 2.27. The largest absolute Gasteiger partial charge is 0.348 e. The van der Waals surface area contributed by atoms with Crippen LogP contribution < -0.4 is 10.6 Å². The predicted molar refractivity (Wildman–Crippen MR) is 55.0 cm³/mol. The monoisotopic (exact) mass is 211 g/mol. The minimum absolute atomic E-state index is 0.00922. The number of nitrogens with one attached hydrogen (secondary N) is 2. The second-order valence-electron chi connectivity index (χ2n) is 3.29. The van der Waals surface area contributed by atoms with E-state index in [0.717, 1.165) is 24.4 Å². The molecule has 0 aliphatic carbocycles. The molecule has 2 heterocycles. The van der Waals surface area contributed by atoms with Gasteiger partial charge in [0.25, 0.3) is 0 Å². The SMILES string of the molecule is O=C(NCc1nccs1)C1CCCN1. The Morgan fingerprint density at radius 1 is 1.79 bits per heavy atom. The summed E-state index contributed by atoms with van der Waals surface area (Å²) in [5.74, 6) is 0.0951. The Hall–Kier alpha value is -0.940. The van der Waals surface area contributed by atoms with E-state index >= 15 is 0 Å². The van der Waals surface area contributed by atoms with Crippen LogP contribution in [0.15, 0.2) is 11.6 Å². The van der Waals surface area contributed by atoms with Gasteiger partial charge in [-0.25, -0.2) is 4.98 Å². The van der Waals surface area contributed by atoms with E-state index in [2.05, 4.69) is 15.6 Å². The second kappa shape index (κ2) is 4.52. The van der Waals surface area contributed by atoms with Gasteiger partial charge in [0.1, 0.15) is 5.01 Å². The van der Waals surface area contributed by atoms with Gasteiger partial charge < -0.3 is 10.6 Å². The van der Waals surface area contributed by atoms with Crippen molar-refractivity contribution in [1.82, 2.24) is 15.6 Å². The van der Waals surface area contributed by atoms with E-state index in [1.807, 2.05) is 5.38 Å². The van der Waals surface area contributed by atoms with Crippen molar-refractivity contribution in [3.05, 3.63) is 16.6 Å². The quantitative estimate of drug-likeness (QED) is 0.766. The maximum atomic E-state index is 11.5. The van der Waals surface area contributed by atoms with E-state index in [1.54, 1.807) is 17.5 Å². The summed E-state index contributed by atoms with van der Waals surface area (Å²) < 4.78 is 0. The molecule has 1 amide bonds. The van der Waals surface area contributed by atoms with Crippen LogP contribution >= 0.6 is 11.3 Å². The fourth-order valence-electron chi connectivity index (χ4n) is 1.53. The first-order valence-corrected chi connectivity index (χ1v) is 5.64. The van der Waals surface area contributed by atoms with Gasteiger partial charge in [-0.05, 0) is 19.4 Å². The number of hydrogen-bond acceptors (Lipinski definition) is 4. The van der Waals surface area contributed by atoms with Gasteiger partial charge in [-0.1, -0.05) is 0 Å². The van der Waals surface area contributed by atoms with Crippen molar-refractivity contribution < 1.29 is 4.79 Å². The number of hydrogen-bond donors (Lipinski definition) is 2. The molecule has 2 rings (SSSR count). The molecule has 1 saturated heterocycles. The van der Waals surface area contributed by atoms with Crippen molar-refractivity contribution in [2.24, 2.45) is 0 Å². The van der Waals surface area contributed by atoms with Gasteiger partial charge in [-0.3, -0.25) is 4.79 Å². The highest BCUT2D eigenvalue weighted by atomic mass is 32.1. The number of aromatic nitrogens is 1. The molecule has 4 nitrogen and oxygen atoms in total. The van der Waals surface area contributed by atoms with Crippen LogP contribution in [0.25, 0.3) is 0 Å². The van der Waals surface area contributed by atoms with E-state index < -0.39 is 0 Å². The number of amides is 1. The molecule has 1 atom stereocenters. The van der Waals surface area contributed by atoms with E-state index in [-0.39, 0.29) is 11.9 Å². The van der Waals surface area contributed by atoms with Crippen LogP contribution in [-0.4, -0.2) is 23.5 Å². The van der Waals surface area contributed by atoms with Crippen molar-refractivity contribution in [2.75, 3.05) is 6.54 Å². The van der Waals surface area contributed by atoms with Crippen LogP contribution in [0.1, 0.15) is 17.8 Å². The van der Waals surface area contributed by atoms with Crippen molar-refractivity contribution in [1.29, 1.82) is 0 Å². The highest BCUT2D eigenvalue weighted by molar-refractivity contribution is 7.09. The lowest BCUT2D eigenvalue weighted by atomic mass is 10.2. The molecule has 1 aromatic heterocycles. The molecule has 1 aliphatic rings. The minimum atomic E-state index is 0.00922. The molecule has 76 valence electrons. The summed E-state index contributed by atoms with van der Waals surface area (Å²) >= 11 is 1.56. The van der Waals surface area contributed by atoms with Crippen LogP contribution in [0, 0.1) is 0 Å². The molecule has 0 bridgehead atoms. The summed E-state index contributed by atoms with van der Waals surface area (Å²) in [6.07, 6.45) is 3.79. The van der Waals surface area contributed by atoms with Crippen molar-refractivity contribution in [2.45, 2.75) is 25.4 Å². The minimum Gasteiger partial charge on any atom is -0.348 e. The van der Waals surface area contributed by atoms with Gasteiger partial charge in [0.15, 0.2) is 0 Å². The van der Waals surface area contributed by atoms with Crippen LogP contribution in [0.2, 0.25) is 0 Å². The van der Waals surface area contributed by atoms with Crippen LogP contribution in [0.4, 0.5) is 0 Å². The molecular weight excluding hydrogens is 198 g/mol. The van der Waals surface area contributed by atoms with Crippen LogP contribution in [0.3, 0.4) is 0 Å². The fourth-order valence-corrected chi connectivity index (χ4v) is 2.09. The summed E-state index contributed by atoms with van der Waals surface area (Å²) in [5, 5.41) is 8.90. The standard InChI is InChI=1S/C9H13N3OS/c13-9(7-2-1-3-10-7)12-6-8-11-4-5-14-8/h4-5,7,10H,1-3,6H2,(H,12,13). The van der Waals surface area contributed by atoms with Crippen molar-refractivity contribution in [3.8, 4) is 0 Å². The molecule has 2 N–H and O–H groups in total. The summed E-state index contributed by atoms with van der Waals surface area (Å²) in [4.78, 5) is 15.6. The number of thiazole rings is 1. The second-order valence-corrected chi connectivity index (χ2v) is 4.27. The summed E-state index contributed by atoms with van der Waals surface area (Å²) in [6.45, 7) is 1.50. The summed E-state index contributed by atoms with van der Waals surface area (Å²) in [5.41, 5.74) is 0. The normalized spacial score (nSPS) is 21.0. The van der Waals surface area contributed by atoms with Gasteiger partial charge >= 0.3 is 0 Å². The topological polar surface area (TPSA) is 54.0 Å². The Labute approximate surface area is 86.7 Å². The Morgan fingerprint density at radius 3 is 3.36 bits per heavy atom. The highest BCUT2D eigenvalue weighted by Crippen LogP contribution is 2.06. The molecule has 0 saturated carbocycles. The maximum Gasteiger partial charge on any atom is 0.237 e. The Kier molecular flexibility index (Phi) is 3.10. The molecule has 1 fully saturated rings. The molecule has 1 aliphatic heterocycles. The fraction of sp³-hybridized carbons (Fsp3) is 0.556. The van der Waals surface area contributed by atoms with Crippen LogP contribution in [-0.2, 0) is 11.3 Å². The lowest BCUT2D eigenvalue weighted by molar-refractivity contribution is -0.122. The van der Waals surface area contributed by atoms with E-state index in [4.69, 9.17) is 0 Å². The molecule has 14 heavy (non-hydrogen) atoms. The summed E-state index contributed by atoms with van der Waals surface area (Å²) in [7, 11) is 0. The maximum absolute atomic E-state index is 11.5. The van der Waals surface area contributed by atoms with E-state index in [9.17, 15) is 4.79 Å². The Balaban J connectivity index is 1.77. The molecule has 1 unspecified atom stereocenters. The van der Waals surface area contributed by atoms with Gasteiger partial charge in [-0.2, -0.15) is 0 Å². The Bertz CT molecular complexity index is 293. The smallest absolute Gasteiger partial charge is 0.237 e. The zero-order valence-electron chi connectivity index (χ0n) is 7.82. The first kappa shape index (κ1) is 9.61. The number of carbonyl (C=O) groups is 1. The van der Waals surface area contributed by atoms with Crippen LogP contribution in [0.5, 0.6) is 0 Å². The number of rotatable bonds is 3. The van der Waals surface area contributed by atoms with Crippen molar-refractivity contribution in [3.63, 3.8) is 0 Å². The zero-order chi connectivity index (χ0) is 9.80. The average Bonchev–Trinajstić information content (AvgIpc) is 2.87. The third kappa shape index (κ3) is 2.30. The molecule has 0 spiro atoms. The molecular formula is C9H13N3OS. The predicted octanol–water partition coefficient (Wildman–Crippen LogP) is 0.511. The summed E-state index contributed by atoms with van der Waals surface area (Å²) in [6, 6.07) is 0.00922. The Morgan fingerprint density at radius 2 is 2.71 bits per heavy atom. The lowest BCUT2D eigenvalue weighted by Gasteiger charge is -2.09. The molecule has 0 aromatic carbocycles. The number of nitrogens with zero attached hydrogens (tertiary/aromatic N) is 1. The highest BCUT2D eigenvalue weighted by Gasteiger charge is 2.21. The third-order valence-corrected chi connectivity index (χ3v) is 3.05. The first-order valence-electron chi connectivity index (χ1n) is 4.76. The first-order chi connectivity index (χ1) is 6.86. The van der Waals surface area contributed by atoms with Gasteiger partial charge in [0.2, 0.25) is 5.91 Å². The van der Waals surface area contributed by atoms with Gasteiger partial charge in [0, 0.05) is 11.6 Å².